The first-order chi connectivity index (χ1) is 6.66. The maximum atomic E-state index is 11.9. The Morgan fingerprint density at radius 1 is 1.29 bits per heavy atom. The van der Waals surface area contributed by atoms with Crippen molar-refractivity contribution >= 4 is 5.91 Å². The van der Waals surface area contributed by atoms with Gasteiger partial charge in [0.2, 0.25) is 5.91 Å². The quantitative estimate of drug-likeness (QED) is 0.636. The van der Waals surface area contributed by atoms with Crippen molar-refractivity contribution in [1.29, 1.82) is 0 Å². The lowest BCUT2D eigenvalue weighted by atomic mass is 10.0. The molecule has 4 heteroatoms. The molecule has 0 unspecified atom stereocenters. The predicted octanol–water partition coefficient (Wildman–Crippen LogP) is -0.158. The third-order valence-electron chi connectivity index (χ3n) is 2.86. The summed E-state index contributed by atoms with van der Waals surface area (Å²) in [5.41, 5.74) is 0. The fraction of sp³-hybridized carbons (Fsp3) is 0.900. The Morgan fingerprint density at radius 3 is 2.29 bits per heavy atom. The lowest BCUT2D eigenvalue weighted by Crippen LogP contribution is -2.56. The maximum Gasteiger partial charge on any atom is 0.228 e. The molecule has 1 N–H and O–H groups in total. The van der Waals surface area contributed by atoms with E-state index < -0.39 is 0 Å². The van der Waals surface area contributed by atoms with Crippen LogP contribution in [0.2, 0.25) is 0 Å². The summed E-state index contributed by atoms with van der Waals surface area (Å²) in [6.07, 6.45) is 0.353. The van der Waals surface area contributed by atoms with Crippen LogP contribution in [0.15, 0.2) is 0 Å². The van der Waals surface area contributed by atoms with Crippen molar-refractivity contribution in [3.05, 3.63) is 0 Å². The number of nitrogens with one attached hydrogen (secondary N) is 1. The number of hydrogen-bond acceptors (Lipinski definition) is 3. The summed E-state index contributed by atoms with van der Waals surface area (Å²) in [5, 5.41) is 3.12. The van der Waals surface area contributed by atoms with Crippen molar-refractivity contribution in [3.63, 3.8) is 0 Å². The predicted molar refractivity (Wildman–Crippen MR) is 52.9 cm³/mol. The number of nitrogens with zero attached hydrogens (tertiary/aromatic N) is 1. The highest BCUT2D eigenvalue weighted by Gasteiger charge is 2.33. The minimum atomic E-state index is 0.177. The van der Waals surface area contributed by atoms with Crippen LogP contribution < -0.4 is 5.32 Å². The highest BCUT2D eigenvalue weighted by molar-refractivity contribution is 5.80. The molecule has 0 aromatic carbocycles. The molecule has 0 aromatic rings. The molecular formula is C10H18N2O2. The van der Waals surface area contributed by atoms with E-state index in [1.54, 1.807) is 0 Å². The van der Waals surface area contributed by atoms with Crippen LogP contribution in [-0.4, -0.2) is 49.2 Å². The van der Waals surface area contributed by atoms with E-state index >= 15 is 0 Å². The molecular weight excluding hydrogens is 180 g/mol. The molecule has 1 amide bonds. The fourth-order valence-corrected chi connectivity index (χ4v) is 2.08. The molecule has 2 fully saturated rings. The zero-order valence-electron chi connectivity index (χ0n) is 8.82. The summed E-state index contributed by atoms with van der Waals surface area (Å²) in [4.78, 5) is 13.9. The van der Waals surface area contributed by atoms with Gasteiger partial charge in [0.1, 0.15) is 0 Å². The van der Waals surface area contributed by atoms with Crippen molar-refractivity contribution in [2.45, 2.75) is 26.1 Å². The molecule has 2 rings (SSSR count). The average molecular weight is 198 g/mol. The maximum absolute atomic E-state index is 11.9. The van der Waals surface area contributed by atoms with E-state index in [9.17, 15) is 4.79 Å². The van der Waals surface area contributed by atoms with E-state index in [-0.39, 0.29) is 18.1 Å². The Bertz CT molecular complexity index is 218. The smallest absolute Gasteiger partial charge is 0.228 e. The Morgan fingerprint density at radius 2 is 1.86 bits per heavy atom. The monoisotopic (exact) mass is 198 g/mol. The first-order valence-electron chi connectivity index (χ1n) is 5.32. The van der Waals surface area contributed by atoms with Crippen LogP contribution in [0.4, 0.5) is 0 Å². The second-order valence-electron chi connectivity index (χ2n) is 4.36. The van der Waals surface area contributed by atoms with Gasteiger partial charge in [0, 0.05) is 26.2 Å². The van der Waals surface area contributed by atoms with Crippen LogP contribution in [0.3, 0.4) is 0 Å². The Hall–Kier alpha value is -0.610. The summed E-state index contributed by atoms with van der Waals surface area (Å²) < 4.78 is 5.59. The van der Waals surface area contributed by atoms with E-state index in [1.807, 2.05) is 18.7 Å². The minimum absolute atomic E-state index is 0.177. The van der Waals surface area contributed by atoms with Crippen LogP contribution in [-0.2, 0) is 9.53 Å². The van der Waals surface area contributed by atoms with E-state index in [0.717, 1.165) is 26.2 Å². The van der Waals surface area contributed by atoms with Crippen molar-refractivity contribution < 1.29 is 9.53 Å². The van der Waals surface area contributed by atoms with Crippen LogP contribution in [0.5, 0.6) is 0 Å². The molecule has 0 aromatic heterocycles. The second kappa shape index (κ2) is 3.87. The third-order valence-corrected chi connectivity index (χ3v) is 2.86. The van der Waals surface area contributed by atoms with Crippen molar-refractivity contribution in [2.75, 3.05) is 26.2 Å². The van der Waals surface area contributed by atoms with Crippen LogP contribution in [0.25, 0.3) is 0 Å². The molecule has 0 saturated carbocycles. The summed E-state index contributed by atoms with van der Waals surface area (Å²) in [6, 6.07) is 0. The van der Waals surface area contributed by atoms with Crippen molar-refractivity contribution in [3.8, 4) is 0 Å². The average Bonchev–Trinajstić information content (AvgIpc) is 1.98. The molecule has 0 spiro atoms. The van der Waals surface area contributed by atoms with Gasteiger partial charge in [-0.1, -0.05) is 0 Å². The number of carbonyl (C=O) groups excluding carboxylic acids is 1. The number of ether oxygens (including phenoxy) is 1. The molecule has 0 bridgehead atoms. The zero-order chi connectivity index (χ0) is 10.1. The highest BCUT2D eigenvalue weighted by Crippen LogP contribution is 2.15. The first-order valence-corrected chi connectivity index (χ1v) is 5.32. The third kappa shape index (κ3) is 1.91. The van der Waals surface area contributed by atoms with Gasteiger partial charge in [-0.25, -0.2) is 0 Å². The summed E-state index contributed by atoms with van der Waals surface area (Å²) in [7, 11) is 0. The lowest BCUT2D eigenvalue weighted by Gasteiger charge is -2.39. The molecule has 2 heterocycles. The largest absolute Gasteiger partial charge is 0.372 e. The summed E-state index contributed by atoms with van der Waals surface area (Å²) in [6.45, 7) is 7.24. The van der Waals surface area contributed by atoms with Gasteiger partial charge in [-0.2, -0.15) is 0 Å². The number of hydrogen-bond donors (Lipinski definition) is 1. The van der Waals surface area contributed by atoms with Crippen molar-refractivity contribution in [2.24, 2.45) is 5.92 Å². The van der Waals surface area contributed by atoms with Gasteiger partial charge in [0.15, 0.2) is 0 Å². The molecule has 2 atom stereocenters. The van der Waals surface area contributed by atoms with Gasteiger partial charge in [-0.05, 0) is 13.8 Å². The van der Waals surface area contributed by atoms with Crippen LogP contribution in [0.1, 0.15) is 13.8 Å². The van der Waals surface area contributed by atoms with E-state index in [1.165, 1.54) is 0 Å². The van der Waals surface area contributed by atoms with Gasteiger partial charge in [-0.15, -0.1) is 0 Å². The van der Waals surface area contributed by atoms with E-state index in [4.69, 9.17) is 4.74 Å². The van der Waals surface area contributed by atoms with Gasteiger partial charge in [0.05, 0.1) is 18.1 Å². The lowest BCUT2D eigenvalue weighted by molar-refractivity contribution is -0.148. The van der Waals surface area contributed by atoms with E-state index in [2.05, 4.69) is 5.32 Å². The summed E-state index contributed by atoms with van der Waals surface area (Å²) >= 11 is 0. The standard InChI is InChI=1S/C10H18N2O2/c1-7-5-12(6-8(2)14-7)10(13)9-3-11-4-9/h7-9,11H,3-6H2,1-2H3/t7-,8-/m1/s1. The molecule has 2 saturated heterocycles. The van der Waals surface area contributed by atoms with E-state index in [0.29, 0.717) is 5.91 Å². The molecule has 80 valence electrons. The molecule has 14 heavy (non-hydrogen) atoms. The molecule has 2 aliphatic heterocycles. The van der Waals surface area contributed by atoms with Gasteiger partial charge in [-0.3, -0.25) is 4.79 Å². The number of morpholine rings is 1. The van der Waals surface area contributed by atoms with Gasteiger partial charge in [0.25, 0.3) is 0 Å². The number of amides is 1. The molecule has 0 radical (unpaired) electrons. The topological polar surface area (TPSA) is 41.6 Å². The number of rotatable bonds is 1. The van der Waals surface area contributed by atoms with Crippen LogP contribution >= 0.6 is 0 Å². The SMILES string of the molecule is C[C@@H]1CN(C(=O)C2CNC2)C[C@@H](C)O1. The highest BCUT2D eigenvalue weighted by atomic mass is 16.5. The first kappa shape index (κ1) is 9.93. The Kier molecular flexibility index (Phi) is 2.74. The van der Waals surface area contributed by atoms with Gasteiger partial charge >= 0.3 is 0 Å². The Labute approximate surface area is 84.6 Å². The molecule has 2 aliphatic rings. The minimum Gasteiger partial charge on any atom is -0.372 e. The molecule has 4 nitrogen and oxygen atoms in total. The molecule has 0 aliphatic carbocycles. The summed E-state index contributed by atoms with van der Waals surface area (Å²) in [5.74, 6) is 0.512. The Balaban J connectivity index is 1.92. The zero-order valence-corrected chi connectivity index (χ0v) is 8.82. The fourth-order valence-electron chi connectivity index (χ4n) is 2.08. The van der Waals surface area contributed by atoms with Crippen molar-refractivity contribution in [1.82, 2.24) is 10.2 Å². The van der Waals surface area contributed by atoms with Gasteiger partial charge < -0.3 is 15.0 Å². The normalized spacial score (nSPS) is 34.0. The number of carbonyl (C=O) groups is 1. The van der Waals surface area contributed by atoms with Crippen LogP contribution in [0, 0.1) is 5.92 Å². The second-order valence-corrected chi connectivity index (χ2v) is 4.36.